The molecule has 1 heterocycles. The van der Waals surface area contributed by atoms with Gasteiger partial charge in [0, 0.05) is 12.6 Å². The molecule has 1 aromatic carbocycles. The van der Waals surface area contributed by atoms with Gasteiger partial charge < -0.3 is 20.5 Å². The fraction of sp³-hybridized carbons (Fsp3) is 0.333. The summed E-state index contributed by atoms with van der Waals surface area (Å²) in [4.78, 5) is 22.6. The fourth-order valence-corrected chi connectivity index (χ4v) is 1.76. The minimum absolute atomic E-state index is 0.125. The number of carbonyl (C=O) groups is 2. The molecule has 108 valence electrons. The molecule has 1 aliphatic heterocycles. The van der Waals surface area contributed by atoms with Crippen LogP contribution in [-0.4, -0.2) is 42.8 Å². The predicted molar refractivity (Wildman–Crippen MR) is 64.6 cm³/mol. The van der Waals surface area contributed by atoms with Crippen LogP contribution in [-0.2, 0) is 9.53 Å². The van der Waals surface area contributed by atoms with E-state index in [1.165, 1.54) is 0 Å². The fourth-order valence-electron chi connectivity index (χ4n) is 1.76. The molecule has 8 heteroatoms. The molecular weight excluding hydrogens is 274 g/mol. The maximum absolute atomic E-state index is 13.5. The average molecular weight is 286 g/mol. The van der Waals surface area contributed by atoms with Crippen LogP contribution in [0.2, 0.25) is 0 Å². The van der Waals surface area contributed by atoms with E-state index < -0.39 is 35.1 Å². The number of carboxylic acids is 1. The van der Waals surface area contributed by atoms with Gasteiger partial charge in [-0.25, -0.2) is 13.6 Å². The Bertz CT molecular complexity index is 545. The Kier molecular flexibility index (Phi) is 4.26. The third kappa shape index (κ3) is 3.09. The molecule has 2 rings (SSSR count). The Balaban J connectivity index is 2.18. The van der Waals surface area contributed by atoms with Crippen molar-refractivity contribution in [3.8, 4) is 0 Å². The van der Waals surface area contributed by atoms with Crippen molar-refractivity contribution in [2.75, 3.05) is 25.1 Å². The van der Waals surface area contributed by atoms with Gasteiger partial charge in [0.1, 0.15) is 17.7 Å². The molecule has 0 aliphatic carbocycles. The summed E-state index contributed by atoms with van der Waals surface area (Å²) in [5.74, 6) is -4.37. The molecule has 1 unspecified atom stereocenters. The SMILES string of the molecule is O=C(O)c1cc(NC(=O)C2COCCN2)c(F)cc1F. The van der Waals surface area contributed by atoms with Crippen molar-refractivity contribution >= 4 is 17.6 Å². The van der Waals surface area contributed by atoms with E-state index in [1.807, 2.05) is 0 Å². The standard InChI is InChI=1S/C12H12F2N2O4/c13-7-4-8(14)9(3-6(7)12(18)19)16-11(17)10-5-20-2-1-15-10/h3-4,10,15H,1-2,5H2,(H,16,17)(H,18,19). The number of carboxylic acid groups (broad SMARTS) is 1. The highest BCUT2D eigenvalue weighted by Crippen LogP contribution is 2.20. The Morgan fingerprint density at radius 2 is 2.10 bits per heavy atom. The zero-order chi connectivity index (χ0) is 14.7. The van der Waals surface area contributed by atoms with Crippen molar-refractivity contribution in [3.63, 3.8) is 0 Å². The molecule has 6 nitrogen and oxygen atoms in total. The minimum atomic E-state index is -1.54. The first-order chi connectivity index (χ1) is 9.49. The van der Waals surface area contributed by atoms with E-state index in [9.17, 15) is 18.4 Å². The first kappa shape index (κ1) is 14.4. The lowest BCUT2D eigenvalue weighted by molar-refractivity contribution is -0.120. The molecule has 1 amide bonds. The lowest BCUT2D eigenvalue weighted by Crippen LogP contribution is -2.48. The Morgan fingerprint density at radius 1 is 1.35 bits per heavy atom. The van der Waals surface area contributed by atoms with Gasteiger partial charge in [0.05, 0.1) is 24.5 Å². The van der Waals surface area contributed by atoms with E-state index in [4.69, 9.17) is 9.84 Å². The van der Waals surface area contributed by atoms with E-state index >= 15 is 0 Å². The molecule has 0 spiro atoms. The van der Waals surface area contributed by atoms with Gasteiger partial charge in [0.2, 0.25) is 5.91 Å². The zero-order valence-corrected chi connectivity index (χ0v) is 10.3. The van der Waals surface area contributed by atoms with Crippen molar-refractivity contribution in [2.24, 2.45) is 0 Å². The number of nitrogens with one attached hydrogen (secondary N) is 2. The molecule has 0 bridgehead atoms. The van der Waals surface area contributed by atoms with Gasteiger partial charge in [-0.1, -0.05) is 0 Å². The van der Waals surface area contributed by atoms with E-state index in [-0.39, 0.29) is 12.3 Å². The van der Waals surface area contributed by atoms with Gasteiger partial charge in [0.25, 0.3) is 0 Å². The lowest BCUT2D eigenvalue weighted by Gasteiger charge is -2.23. The number of morpholine rings is 1. The molecule has 20 heavy (non-hydrogen) atoms. The first-order valence-electron chi connectivity index (χ1n) is 5.83. The maximum atomic E-state index is 13.5. The highest BCUT2D eigenvalue weighted by atomic mass is 19.1. The van der Waals surface area contributed by atoms with Crippen LogP contribution in [0.5, 0.6) is 0 Å². The van der Waals surface area contributed by atoms with Crippen LogP contribution < -0.4 is 10.6 Å². The number of halogens is 2. The number of rotatable bonds is 3. The Hall–Kier alpha value is -2.06. The summed E-state index contributed by atoms with van der Waals surface area (Å²) < 4.78 is 31.8. The van der Waals surface area contributed by atoms with Crippen LogP contribution in [0.3, 0.4) is 0 Å². The van der Waals surface area contributed by atoms with Crippen LogP contribution in [0.15, 0.2) is 12.1 Å². The summed E-state index contributed by atoms with van der Waals surface area (Å²) in [7, 11) is 0. The number of ether oxygens (including phenoxy) is 1. The molecule has 1 aliphatic rings. The van der Waals surface area contributed by atoms with Crippen LogP contribution in [0, 0.1) is 11.6 Å². The molecule has 3 N–H and O–H groups in total. The third-order valence-electron chi connectivity index (χ3n) is 2.78. The monoisotopic (exact) mass is 286 g/mol. The molecule has 1 fully saturated rings. The summed E-state index contributed by atoms with van der Waals surface area (Å²) in [5.41, 5.74) is -1.10. The number of hydrogen-bond acceptors (Lipinski definition) is 4. The summed E-state index contributed by atoms with van der Waals surface area (Å²) in [6.45, 7) is 1.07. The van der Waals surface area contributed by atoms with Crippen molar-refractivity contribution < 1.29 is 28.2 Å². The molecule has 0 radical (unpaired) electrons. The smallest absolute Gasteiger partial charge is 0.338 e. The largest absolute Gasteiger partial charge is 0.478 e. The van der Waals surface area contributed by atoms with Crippen LogP contribution in [0.4, 0.5) is 14.5 Å². The second-order valence-electron chi connectivity index (χ2n) is 4.19. The quantitative estimate of drug-likeness (QED) is 0.757. The highest BCUT2D eigenvalue weighted by molar-refractivity contribution is 5.97. The maximum Gasteiger partial charge on any atom is 0.338 e. The number of aromatic carboxylic acids is 1. The van der Waals surface area contributed by atoms with Crippen molar-refractivity contribution in [1.29, 1.82) is 0 Å². The minimum Gasteiger partial charge on any atom is -0.478 e. The second kappa shape index (κ2) is 5.93. The van der Waals surface area contributed by atoms with Gasteiger partial charge in [-0.2, -0.15) is 0 Å². The Morgan fingerprint density at radius 3 is 2.70 bits per heavy atom. The third-order valence-corrected chi connectivity index (χ3v) is 2.78. The predicted octanol–water partition coefficient (Wildman–Crippen LogP) is 0.590. The Labute approximate surface area is 112 Å². The van der Waals surface area contributed by atoms with Gasteiger partial charge in [-0.15, -0.1) is 0 Å². The van der Waals surface area contributed by atoms with Gasteiger partial charge in [-0.05, 0) is 6.07 Å². The van der Waals surface area contributed by atoms with Crippen molar-refractivity contribution in [2.45, 2.75) is 6.04 Å². The van der Waals surface area contributed by atoms with Crippen LogP contribution in [0.1, 0.15) is 10.4 Å². The topological polar surface area (TPSA) is 87.7 Å². The van der Waals surface area contributed by atoms with Gasteiger partial charge in [0.15, 0.2) is 0 Å². The summed E-state index contributed by atoms with van der Waals surface area (Å²) in [5, 5.41) is 13.8. The summed E-state index contributed by atoms with van der Waals surface area (Å²) in [6.07, 6.45) is 0. The van der Waals surface area contributed by atoms with Crippen LogP contribution >= 0.6 is 0 Å². The van der Waals surface area contributed by atoms with E-state index in [0.29, 0.717) is 19.2 Å². The number of carbonyl (C=O) groups excluding carboxylic acids is 1. The normalized spacial score (nSPS) is 18.6. The average Bonchev–Trinajstić information content (AvgIpc) is 2.42. The van der Waals surface area contributed by atoms with Crippen LogP contribution in [0.25, 0.3) is 0 Å². The molecule has 1 atom stereocenters. The van der Waals surface area contributed by atoms with Gasteiger partial charge >= 0.3 is 5.97 Å². The number of amides is 1. The molecule has 0 aromatic heterocycles. The van der Waals surface area contributed by atoms with Crippen molar-refractivity contribution in [3.05, 3.63) is 29.3 Å². The summed E-state index contributed by atoms with van der Waals surface area (Å²) in [6, 6.07) is 0.500. The number of benzene rings is 1. The summed E-state index contributed by atoms with van der Waals surface area (Å²) >= 11 is 0. The van der Waals surface area contributed by atoms with E-state index in [1.54, 1.807) is 0 Å². The van der Waals surface area contributed by atoms with E-state index in [2.05, 4.69) is 10.6 Å². The second-order valence-corrected chi connectivity index (χ2v) is 4.19. The number of anilines is 1. The molecule has 0 saturated carbocycles. The lowest BCUT2D eigenvalue weighted by atomic mass is 10.1. The highest BCUT2D eigenvalue weighted by Gasteiger charge is 2.23. The molecular formula is C12H12F2N2O4. The zero-order valence-electron chi connectivity index (χ0n) is 10.3. The van der Waals surface area contributed by atoms with E-state index in [0.717, 1.165) is 6.07 Å². The molecule has 1 saturated heterocycles. The van der Waals surface area contributed by atoms with Crippen molar-refractivity contribution in [1.82, 2.24) is 5.32 Å². The molecule has 1 aromatic rings. The van der Waals surface area contributed by atoms with Gasteiger partial charge in [-0.3, -0.25) is 4.79 Å². The number of hydrogen-bond donors (Lipinski definition) is 3. The first-order valence-corrected chi connectivity index (χ1v) is 5.83.